The summed E-state index contributed by atoms with van der Waals surface area (Å²) in [6, 6.07) is 6.91. The number of benzene rings is 2. The highest BCUT2D eigenvalue weighted by molar-refractivity contribution is 6.36. The van der Waals surface area contributed by atoms with Crippen LogP contribution in [0.15, 0.2) is 46.1 Å². The number of rotatable bonds is 8. The lowest BCUT2D eigenvalue weighted by Crippen LogP contribution is -2.40. The number of nitrogens with zero attached hydrogens (tertiary/aromatic N) is 3. The standard InChI is InChI=1S/C34H33ClF2N6O5/c1-16-23(40-31(45)20-15-42(2)34(47)43(3)33(20)46)11-9-21(36)27(16)29-22(37)8-7-19(30(29)35)25-13-17-5-10-24(28(17)32(41-25)48-4)38-14-18-6-12-26(44)39-18/h7-9,11,13,15,18,24,38H,5-6,10,12,14H2,1-4H3,(H,39,44)(H,40,45). The second-order valence-electron chi connectivity index (χ2n) is 12.0. The van der Waals surface area contributed by atoms with Crippen molar-refractivity contribution in [2.45, 2.75) is 44.7 Å². The lowest BCUT2D eigenvalue weighted by molar-refractivity contribution is -0.119. The number of nitrogens with one attached hydrogen (secondary N) is 3. The summed E-state index contributed by atoms with van der Waals surface area (Å²) in [4.78, 5) is 54.2. The van der Waals surface area contributed by atoms with Crippen LogP contribution in [0.4, 0.5) is 14.5 Å². The van der Waals surface area contributed by atoms with Gasteiger partial charge in [0.1, 0.15) is 17.2 Å². The summed E-state index contributed by atoms with van der Waals surface area (Å²) < 4.78 is 38.7. The maximum atomic E-state index is 15.6. The normalized spacial score (nSPS) is 16.9. The first-order valence-electron chi connectivity index (χ1n) is 15.4. The topological polar surface area (TPSA) is 136 Å². The van der Waals surface area contributed by atoms with Crippen LogP contribution in [0, 0.1) is 18.6 Å². The summed E-state index contributed by atoms with van der Waals surface area (Å²) in [7, 11) is 4.16. The molecule has 1 fully saturated rings. The van der Waals surface area contributed by atoms with Crippen molar-refractivity contribution >= 4 is 29.1 Å². The van der Waals surface area contributed by atoms with E-state index >= 15 is 8.78 Å². The van der Waals surface area contributed by atoms with Gasteiger partial charge in [-0.3, -0.25) is 19.0 Å². The predicted octanol–water partition coefficient (Wildman–Crippen LogP) is 4.17. The number of fused-ring (bicyclic) bond motifs is 1. The van der Waals surface area contributed by atoms with Crippen molar-refractivity contribution in [1.29, 1.82) is 0 Å². The molecule has 2 unspecified atom stereocenters. The number of carbonyl (C=O) groups is 2. The molecule has 11 nitrogen and oxygen atoms in total. The first-order valence-corrected chi connectivity index (χ1v) is 15.7. The van der Waals surface area contributed by atoms with Crippen LogP contribution in [-0.4, -0.2) is 45.6 Å². The number of ether oxygens (including phenoxy) is 1. The molecule has 3 heterocycles. The van der Waals surface area contributed by atoms with E-state index in [0.717, 1.165) is 51.8 Å². The van der Waals surface area contributed by atoms with Crippen LogP contribution in [0.25, 0.3) is 22.4 Å². The number of pyridine rings is 1. The number of amides is 2. The summed E-state index contributed by atoms with van der Waals surface area (Å²) in [6.45, 7) is 2.11. The largest absolute Gasteiger partial charge is 0.481 e. The number of aryl methyl sites for hydroxylation is 2. The third-order valence-electron chi connectivity index (χ3n) is 9.02. The summed E-state index contributed by atoms with van der Waals surface area (Å²) in [5.74, 6) is -1.98. The van der Waals surface area contributed by atoms with Crippen LogP contribution < -0.4 is 31.9 Å². The quantitative estimate of drug-likeness (QED) is 0.255. The highest BCUT2D eigenvalue weighted by Gasteiger charge is 2.31. The van der Waals surface area contributed by atoms with Gasteiger partial charge in [-0.05, 0) is 67.6 Å². The molecule has 2 aliphatic rings. The van der Waals surface area contributed by atoms with E-state index in [-0.39, 0.29) is 51.0 Å². The first-order chi connectivity index (χ1) is 22.9. The van der Waals surface area contributed by atoms with Crippen molar-refractivity contribution in [1.82, 2.24) is 24.8 Å². The Bertz CT molecular complexity index is 2110. The van der Waals surface area contributed by atoms with Crippen molar-refractivity contribution in [3.05, 3.63) is 96.3 Å². The van der Waals surface area contributed by atoms with Crippen LogP contribution in [0.1, 0.15) is 52.4 Å². The highest BCUT2D eigenvalue weighted by atomic mass is 35.5. The molecule has 0 saturated carbocycles. The number of hydrogen-bond donors (Lipinski definition) is 3. The van der Waals surface area contributed by atoms with Crippen molar-refractivity contribution in [2.24, 2.45) is 14.1 Å². The monoisotopic (exact) mass is 678 g/mol. The van der Waals surface area contributed by atoms with Gasteiger partial charge < -0.3 is 25.3 Å². The maximum absolute atomic E-state index is 15.6. The molecule has 4 aromatic rings. The zero-order valence-corrected chi connectivity index (χ0v) is 27.4. The number of methoxy groups -OCH3 is 1. The van der Waals surface area contributed by atoms with Crippen LogP contribution in [0.5, 0.6) is 5.88 Å². The number of carbonyl (C=O) groups excluding carboxylic acids is 2. The van der Waals surface area contributed by atoms with Gasteiger partial charge in [0.15, 0.2) is 0 Å². The third-order valence-corrected chi connectivity index (χ3v) is 9.41. The molecule has 2 amide bonds. The Kier molecular flexibility index (Phi) is 8.92. The molecular formula is C34H33ClF2N6O5. The summed E-state index contributed by atoms with van der Waals surface area (Å²) in [5, 5.41) is 8.98. The predicted molar refractivity (Wildman–Crippen MR) is 176 cm³/mol. The fraction of sp³-hybridized carbons (Fsp3) is 0.324. The second kappa shape index (κ2) is 13.0. The van der Waals surface area contributed by atoms with Gasteiger partial charge in [0.2, 0.25) is 11.8 Å². The Hall–Kier alpha value is -4.88. The van der Waals surface area contributed by atoms with Crippen molar-refractivity contribution in [2.75, 3.05) is 19.0 Å². The molecule has 1 aliphatic heterocycles. The Morgan fingerprint density at radius 1 is 1.08 bits per heavy atom. The molecule has 0 radical (unpaired) electrons. The molecule has 2 aromatic carbocycles. The van der Waals surface area contributed by atoms with Gasteiger partial charge in [-0.25, -0.2) is 18.6 Å². The number of halogens is 3. The average molecular weight is 679 g/mol. The Morgan fingerprint density at radius 2 is 1.81 bits per heavy atom. The minimum atomic E-state index is -0.831. The van der Waals surface area contributed by atoms with E-state index in [2.05, 4.69) is 16.0 Å². The highest BCUT2D eigenvalue weighted by Crippen LogP contribution is 2.44. The van der Waals surface area contributed by atoms with E-state index in [0.29, 0.717) is 30.1 Å². The van der Waals surface area contributed by atoms with Gasteiger partial charge >= 0.3 is 5.69 Å². The molecule has 48 heavy (non-hydrogen) atoms. The molecule has 6 rings (SSSR count). The zero-order chi connectivity index (χ0) is 34.4. The van der Waals surface area contributed by atoms with Crippen molar-refractivity contribution in [3.8, 4) is 28.3 Å². The molecular weight excluding hydrogens is 646 g/mol. The third kappa shape index (κ3) is 5.88. The molecule has 2 aromatic heterocycles. The van der Waals surface area contributed by atoms with Gasteiger partial charge in [-0.2, -0.15) is 0 Å². The van der Waals surface area contributed by atoms with E-state index in [1.165, 1.54) is 46.3 Å². The van der Waals surface area contributed by atoms with E-state index in [4.69, 9.17) is 21.3 Å². The van der Waals surface area contributed by atoms with E-state index < -0.39 is 28.8 Å². The van der Waals surface area contributed by atoms with Crippen molar-refractivity contribution < 1.29 is 23.1 Å². The first kappa shape index (κ1) is 33.0. The number of aromatic nitrogens is 3. The average Bonchev–Trinajstić information content (AvgIpc) is 3.68. The number of anilines is 1. The summed E-state index contributed by atoms with van der Waals surface area (Å²) in [5.41, 5.74) is 0.787. The molecule has 2 atom stereocenters. The van der Waals surface area contributed by atoms with Gasteiger partial charge in [-0.15, -0.1) is 0 Å². The molecule has 0 spiro atoms. The minimum Gasteiger partial charge on any atom is -0.481 e. The Labute approximate surface area is 278 Å². The molecule has 14 heteroatoms. The summed E-state index contributed by atoms with van der Waals surface area (Å²) in [6.07, 6.45) is 3.91. The van der Waals surface area contributed by atoms with Crippen molar-refractivity contribution in [3.63, 3.8) is 0 Å². The van der Waals surface area contributed by atoms with Gasteiger partial charge in [0.05, 0.1) is 17.8 Å². The van der Waals surface area contributed by atoms with E-state index in [9.17, 15) is 19.2 Å². The summed E-state index contributed by atoms with van der Waals surface area (Å²) >= 11 is 6.86. The Balaban J connectivity index is 1.35. The van der Waals surface area contributed by atoms with E-state index in [1.807, 2.05) is 6.07 Å². The SMILES string of the molecule is COc1nc(-c2ccc(F)c(-c3c(F)ccc(NC(=O)c4cn(C)c(=O)n(C)c4=O)c3C)c2Cl)cc2c1C(NCC1CCC(=O)N1)CC2. The zero-order valence-electron chi connectivity index (χ0n) is 26.7. The van der Waals surface area contributed by atoms with Gasteiger partial charge in [0.25, 0.3) is 11.5 Å². The Morgan fingerprint density at radius 3 is 2.52 bits per heavy atom. The lowest BCUT2D eigenvalue weighted by Gasteiger charge is -2.20. The smallest absolute Gasteiger partial charge is 0.330 e. The molecule has 1 aliphatic carbocycles. The van der Waals surface area contributed by atoms with Crippen LogP contribution in [0.3, 0.4) is 0 Å². The molecule has 3 N–H and O–H groups in total. The fourth-order valence-corrected chi connectivity index (χ4v) is 6.82. The molecule has 250 valence electrons. The van der Waals surface area contributed by atoms with Gasteiger partial charge in [0, 0.05) is 73.3 Å². The molecule has 1 saturated heterocycles. The maximum Gasteiger partial charge on any atom is 0.330 e. The van der Waals surface area contributed by atoms with Gasteiger partial charge in [-0.1, -0.05) is 11.6 Å². The molecule has 0 bridgehead atoms. The van der Waals surface area contributed by atoms with Crippen LogP contribution in [0.2, 0.25) is 5.02 Å². The lowest BCUT2D eigenvalue weighted by atomic mass is 9.94. The van der Waals surface area contributed by atoms with Crippen LogP contribution in [-0.2, 0) is 25.3 Å². The number of hydrogen-bond acceptors (Lipinski definition) is 7. The van der Waals surface area contributed by atoms with Crippen LogP contribution >= 0.6 is 11.6 Å². The minimum absolute atomic E-state index is 0.0381. The fourth-order valence-electron chi connectivity index (χ4n) is 6.47. The second-order valence-corrected chi connectivity index (χ2v) is 12.4. The van der Waals surface area contributed by atoms with E-state index in [1.54, 1.807) is 0 Å².